The first-order valence-electron chi connectivity index (χ1n) is 8.00. The highest BCUT2D eigenvalue weighted by Gasteiger charge is 2.19. The van der Waals surface area contributed by atoms with Crippen molar-refractivity contribution >= 4 is 22.8 Å². The summed E-state index contributed by atoms with van der Waals surface area (Å²) in [6.45, 7) is -2.69. The Kier molecular flexibility index (Phi) is 4.76. The highest BCUT2D eigenvalue weighted by Crippen LogP contribution is 2.31. The average Bonchev–Trinajstić information content (AvgIpc) is 3.30. The minimum atomic E-state index is -2.69. The molecule has 0 saturated heterocycles. The maximum absolute atomic E-state index is 13.5. The van der Waals surface area contributed by atoms with Crippen LogP contribution in [0.1, 0.15) is 12.4 Å². The Morgan fingerprint density at radius 2 is 2.00 bits per heavy atom. The predicted molar refractivity (Wildman–Crippen MR) is 96.8 cm³/mol. The Balaban J connectivity index is 1.55. The van der Waals surface area contributed by atoms with Gasteiger partial charge in [0.05, 0.1) is 23.9 Å². The van der Waals surface area contributed by atoms with Gasteiger partial charge < -0.3 is 9.26 Å². The molecule has 0 N–H and O–H groups in total. The van der Waals surface area contributed by atoms with E-state index in [1.54, 1.807) is 37.4 Å². The molecule has 0 atom stereocenters. The molecule has 0 fully saturated rings. The van der Waals surface area contributed by atoms with Crippen molar-refractivity contribution in [2.75, 3.05) is 7.11 Å². The first-order valence-corrected chi connectivity index (χ1v) is 8.99. The molecule has 0 radical (unpaired) electrons. The summed E-state index contributed by atoms with van der Waals surface area (Å²) in [6, 6.07) is 14.0. The van der Waals surface area contributed by atoms with E-state index in [4.69, 9.17) is 9.26 Å². The summed E-state index contributed by atoms with van der Waals surface area (Å²) in [5.41, 5.74) is 1.65. The number of aromatic nitrogens is 4. The van der Waals surface area contributed by atoms with E-state index in [1.165, 1.54) is 0 Å². The van der Waals surface area contributed by atoms with Gasteiger partial charge in [-0.1, -0.05) is 41.2 Å². The largest absolute Gasteiger partial charge is 0.497 e. The Hall–Kier alpha value is -2.94. The Labute approximate surface area is 157 Å². The fraction of sp³-hybridized carbons (Fsp3) is 0.167. The molecule has 0 amide bonds. The van der Waals surface area contributed by atoms with Crippen molar-refractivity contribution in [2.24, 2.45) is 0 Å². The SMILES string of the molecule is COc1cccc(-c2noc(CSc3nc4ccccc4n3C(F)F)n2)c1. The van der Waals surface area contributed by atoms with Crippen molar-refractivity contribution < 1.29 is 18.0 Å². The van der Waals surface area contributed by atoms with Gasteiger partial charge in [-0.05, 0) is 24.3 Å². The lowest BCUT2D eigenvalue weighted by Gasteiger charge is -2.05. The van der Waals surface area contributed by atoms with Crippen LogP contribution < -0.4 is 4.74 Å². The zero-order valence-corrected chi connectivity index (χ0v) is 15.0. The number of para-hydroxylation sites is 2. The van der Waals surface area contributed by atoms with Gasteiger partial charge in [0.2, 0.25) is 11.7 Å². The minimum absolute atomic E-state index is 0.201. The number of halogens is 2. The number of nitrogens with zero attached hydrogens (tertiary/aromatic N) is 4. The molecule has 0 aliphatic heterocycles. The second kappa shape index (κ2) is 7.36. The van der Waals surface area contributed by atoms with Crippen LogP contribution in [0.4, 0.5) is 8.78 Å². The molecular formula is C18H14F2N4O2S. The van der Waals surface area contributed by atoms with E-state index in [2.05, 4.69) is 15.1 Å². The smallest absolute Gasteiger partial charge is 0.321 e. The normalized spacial score (nSPS) is 11.4. The summed E-state index contributed by atoms with van der Waals surface area (Å²) in [4.78, 5) is 8.60. The Morgan fingerprint density at radius 3 is 2.81 bits per heavy atom. The van der Waals surface area contributed by atoms with Crippen molar-refractivity contribution in [1.29, 1.82) is 0 Å². The molecule has 0 saturated carbocycles. The summed E-state index contributed by atoms with van der Waals surface area (Å²) < 4.78 is 38.2. The molecule has 4 aromatic rings. The second-order valence-electron chi connectivity index (χ2n) is 5.56. The predicted octanol–water partition coefficient (Wildman–Crippen LogP) is 4.78. The number of ether oxygens (including phenoxy) is 1. The molecule has 6 nitrogen and oxygen atoms in total. The first kappa shape index (κ1) is 17.5. The van der Waals surface area contributed by atoms with Gasteiger partial charge in [0, 0.05) is 5.56 Å². The Bertz CT molecular complexity index is 1080. The third kappa shape index (κ3) is 3.50. The van der Waals surface area contributed by atoms with E-state index in [0.29, 0.717) is 28.5 Å². The number of thioether (sulfide) groups is 1. The molecule has 2 heterocycles. The molecule has 2 aromatic carbocycles. The van der Waals surface area contributed by atoms with Crippen LogP contribution in [0, 0.1) is 0 Å². The molecule has 138 valence electrons. The van der Waals surface area contributed by atoms with E-state index in [9.17, 15) is 8.78 Å². The van der Waals surface area contributed by atoms with Gasteiger partial charge in [0.15, 0.2) is 5.16 Å². The molecular weight excluding hydrogens is 374 g/mol. The molecule has 0 aliphatic rings. The van der Waals surface area contributed by atoms with Crippen LogP contribution in [0.5, 0.6) is 5.75 Å². The van der Waals surface area contributed by atoms with Gasteiger partial charge in [0.25, 0.3) is 0 Å². The lowest BCUT2D eigenvalue weighted by atomic mass is 10.2. The van der Waals surface area contributed by atoms with Crippen LogP contribution in [0.2, 0.25) is 0 Å². The van der Waals surface area contributed by atoms with Crippen LogP contribution >= 0.6 is 11.8 Å². The third-order valence-corrected chi connectivity index (χ3v) is 4.82. The summed E-state index contributed by atoms with van der Waals surface area (Å²) in [7, 11) is 1.58. The zero-order chi connectivity index (χ0) is 18.8. The second-order valence-corrected chi connectivity index (χ2v) is 6.51. The molecule has 4 rings (SSSR count). The van der Waals surface area contributed by atoms with Crippen LogP contribution in [0.25, 0.3) is 22.4 Å². The fourth-order valence-corrected chi connectivity index (χ4v) is 3.48. The lowest BCUT2D eigenvalue weighted by molar-refractivity contribution is 0.0656. The van der Waals surface area contributed by atoms with Gasteiger partial charge >= 0.3 is 6.55 Å². The number of hydrogen-bond donors (Lipinski definition) is 0. The highest BCUT2D eigenvalue weighted by molar-refractivity contribution is 7.98. The van der Waals surface area contributed by atoms with Gasteiger partial charge in [-0.25, -0.2) is 4.98 Å². The maximum atomic E-state index is 13.5. The zero-order valence-electron chi connectivity index (χ0n) is 14.2. The number of benzene rings is 2. The summed E-state index contributed by atoms with van der Waals surface area (Å²) in [5.74, 6) is 1.64. The number of fused-ring (bicyclic) bond motifs is 1. The van der Waals surface area contributed by atoms with Crippen molar-refractivity contribution in [2.45, 2.75) is 17.5 Å². The average molecular weight is 388 g/mol. The molecule has 0 spiro atoms. The van der Waals surface area contributed by atoms with E-state index >= 15 is 0 Å². The number of rotatable bonds is 6. The lowest BCUT2D eigenvalue weighted by Crippen LogP contribution is -2.00. The van der Waals surface area contributed by atoms with E-state index < -0.39 is 6.55 Å². The molecule has 2 aromatic heterocycles. The van der Waals surface area contributed by atoms with E-state index in [1.807, 2.05) is 18.2 Å². The van der Waals surface area contributed by atoms with Crippen LogP contribution in [-0.4, -0.2) is 26.8 Å². The van der Waals surface area contributed by atoms with Crippen LogP contribution in [0.3, 0.4) is 0 Å². The third-order valence-electron chi connectivity index (χ3n) is 3.88. The van der Waals surface area contributed by atoms with Crippen molar-refractivity contribution in [3.8, 4) is 17.1 Å². The number of methoxy groups -OCH3 is 1. The van der Waals surface area contributed by atoms with Gasteiger partial charge in [-0.3, -0.25) is 4.57 Å². The van der Waals surface area contributed by atoms with Crippen LogP contribution in [-0.2, 0) is 5.75 Å². The topological polar surface area (TPSA) is 66.0 Å². The summed E-state index contributed by atoms with van der Waals surface area (Å²) in [5, 5.41) is 4.15. The number of hydrogen-bond acceptors (Lipinski definition) is 6. The fourth-order valence-electron chi connectivity index (χ4n) is 2.63. The number of alkyl halides is 2. The Morgan fingerprint density at radius 1 is 1.15 bits per heavy atom. The van der Waals surface area contributed by atoms with Gasteiger partial charge in [-0.15, -0.1) is 0 Å². The summed E-state index contributed by atoms with van der Waals surface area (Å²) >= 11 is 1.12. The minimum Gasteiger partial charge on any atom is -0.497 e. The molecule has 27 heavy (non-hydrogen) atoms. The molecule has 0 aliphatic carbocycles. The molecule has 0 unspecified atom stereocenters. The van der Waals surface area contributed by atoms with Crippen molar-refractivity contribution in [3.05, 3.63) is 54.4 Å². The van der Waals surface area contributed by atoms with Gasteiger partial charge in [-0.2, -0.15) is 13.8 Å². The molecule has 9 heteroatoms. The standard InChI is InChI=1S/C18H14F2N4O2S/c1-25-12-6-4-5-11(9-12)16-22-15(26-23-16)10-27-18-21-13-7-2-3-8-14(13)24(18)17(19)20/h2-9,17H,10H2,1H3. The number of imidazole rings is 1. The van der Waals surface area contributed by atoms with E-state index in [-0.39, 0.29) is 10.9 Å². The van der Waals surface area contributed by atoms with Crippen LogP contribution in [0.15, 0.2) is 58.2 Å². The maximum Gasteiger partial charge on any atom is 0.321 e. The quantitative estimate of drug-likeness (QED) is 0.443. The van der Waals surface area contributed by atoms with Crippen molar-refractivity contribution in [3.63, 3.8) is 0 Å². The monoisotopic (exact) mass is 388 g/mol. The first-order chi connectivity index (χ1) is 13.2. The van der Waals surface area contributed by atoms with E-state index in [0.717, 1.165) is 21.9 Å². The van der Waals surface area contributed by atoms with Gasteiger partial charge in [0.1, 0.15) is 5.75 Å². The summed E-state index contributed by atoms with van der Waals surface area (Å²) in [6.07, 6.45) is 0. The molecule has 0 bridgehead atoms. The highest BCUT2D eigenvalue weighted by atomic mass is 32.2. The van der Waals surface area contributed by atoms with Crippen molar-refractivity contribution in [1.82, 2.24) is 19.7 Å².